The molecule has 19 heavy (non-hydrogen) atoms. The molecule has 2 heterocycles. The fraction of sp³-hybridized carbons (Fsp3) is 0.417. The average molecular weight is 345 g/mol. The van der Waals surface area contributed by atoms with Crippen LogP contribution >= 0.6 is 27.3 Å². The third kappa shape index (κ3) is 2.71. The zero-order chi connectivity index (χ0) is 14.2. The molecule has 1 aromatic rings. The van der Waals surface area contributed by atoms with Crippen LogP contribution in [0, 0.1) is 0 Å². The van der Waals surface area contributed by atoms with Crippen LogP contribution in [0.2, 0.25) is 0 Å². The van der Waals surface area contributed by atoms with Gasteiger partial charge in [0.25, 0.3) is 11.8 Å². The highest BCUT2D eigenvalue weighted by molar-refractivity contribution is 9.10. The van der Waals surface area contributed by atoms with Gasteiger partial charge in [-0.1, -0.05) is 0 Å². The molecule has 5 nitrogen and oxygen atoms in total. The molecule has 102 valence electrons. The van der Waals surface area contributed by atoms with E-state index in [1.165, 1.54) is 16.2 Å². The van der Waals surface area contributed by atoms with Gasteiger partial charge in [0.05, 0.1) is 6.42 Å². The fourth-order valence-corrected chi connectivity index (χ4v) is 3.44. The number of hydrogen-bond acceptors (Lipinski definition) is 4. The molecule has 1 atom stereocenters. The Morgan fingerprint density at radius 2 is 2.21 bits per heavy atom. The van der Waals surface area contributed by atoms with Crippen LogP contribution in [0.15, 0.2) is 15.9 Å². The van der Waals surface area contributed by atoms with Crippen molar-refractivity contribution < 1.29 is 14.4 Å². The Balaban J connectivity index is 2.09. The zero-order valence-electron chi connectivity index (χ0n) is 10.5. The number of nitrogens with one attached hydrogen (secondary N) is 1. The molecule has 7 heteroatoms. The fourth-order valence-electron chi connectivity index (χ4n) is 1.99. The van der Waals surface area contributed by atoms with Gasteiger partial charge in [0.15, 0.2) is 0 Å². The summed E-state index contributed by atoms with van der Waals surface area (Å²) in [5, 5.41) is 4.40. The van der Waals surface area contributed by atoms with E-state index in [9.17, 15) is 14.4 Å². The standard InChI is InChI=1S/C12H13BrN2O3S/c1-6(2)15-9(16)5-8(12(15)18)14-11(17)10-7(13)3-4-19-10/h3-4,6,8H,5H2,1-2H3,(H,14,17)/t8-/m1/s1. The third-order valence-electron chi connectivity index (χ3n) is 2.83. The first-order valence-corrected chi connectivity index (χ1v) is 7.49. The van der Waals surface area contributed by atoms with Gasteiger partial charge >= 0.3 is 0 Å². The van der Waals surface area contributed by atoms with Gasteiger partial charge in [-0.3, -0.25) is 19.3 Å². The number of imide groups is 1. The van der Waals surface area contributed by atoms with Crippen LogP contribution in [-0.4, -0.2) is 34.7 Å². The second-order valence-corrected chi connectivity index (χ2v) is 6.29. The van der Waals surface area contributed by atoms with Crippen molar-refractivity contribution in [1.82, 2.24) is 10.2 Å². The molecule has 1 fully saturated rings. The zero-order valence-corrected chi connectivity index (χ0v) is 12.9. The van der Waals surface area contributed by atoms with Crippen LogP contribution in [-0.2, 0) is 9.59 Å². The lowest BCUT2D eigenvalue weighted by molar-refractivity contribution is -0.140. The first-order chi connectivity index (χ1) is 8.91. The second kappa shape index (κ2) is 5.42. The maximum atomic E-state index is 12.0. The van der Waals surface area contributed by atoms with Crippen molar-refractivity contribution in [3.05, 3.63) is 20.8 Å². The Morgan fingerprint density at radius 3 is 2.68 bits per heavy atom. The number of thiophene rings is 1. The Bertz CT molecular complexity index is 541. The van der Waals surface area contributed by atoms with Gasteiger partial charge < -0.3 is 5.32 Å². The largest absolute Gasteiger partial charge is 0.339 e. The Kier molecular flexibility index (Phi) is 4.05. The normalized spacial score (nSPS) is 19.4. The second-order valence-electron chi connectivity index (χ2n) is 4.52. The molecular weight excluding hydrogens is 332 g/mol. The van der Waals surface area contributed by atoms with E-state index >= 15 is 0 Å². The van der Waals surface area contributed by atoms with Gasteiger partial charge in [-0.2, -0.15) is 0 Å². The van der Waals surface area contributed by atoms with Crippen LogP contribution in [0.4, 0.5) is 0 Å². The molecule has 0 radical (unpaired) electrons. The lowest BCUT2D eigenvalue weighted by atomic mass is 10.2. The van der Waals surface area contributed by atoms with Crippen LogP contribution in [0.3, 0.4) is 0 Å². The highest BCUT2D eigenvalue weighted by atomic mass is 79.9. The van der Waals surface area contributed by atoms with Crippen molar-refractivity contribution in [2.45, 2.75) is 32.4 Å². The molecule has 1 aromatic heterocycles. The number of hydrogen-bond donors (Lipinski definition) is 1. The summed E-state index contributed by atoms with van der Waals surface area (Å²) < 4.78 is 0.687. The minimum atomic E-state index is -0.753. The molecule has 1 saturated heterocycles. The first-order valence-electron chi connectivity index (χ1n) is 5.81. The maximum absolute atomic E-state index is 12.0. The summed E-state index contributed by atoms with van der Waals surface area (Å²) in [4.78, 5) is 37.5. The van der Waals surface area contributed by atoms with Gasteiger partial charge in [-0.25, -0.2) is 0 Å². The van der Waals surface area contributed by atoms with Crippen molar-refractivity contribution >= 4 is 45.0 Å². The maximum Gasteiger partial charge on any atom is 0.263 e. The van der Waals surface area contributed by atoms with E-state index in [-0.39, 0.29) is 30.2 Å². The summed E-state index contributed by atoms with van der Waals surface area (Å²) in [6, 6.07) is 0.827. The quantitative estimate of drug-likeness (QED) is 0.850. The van der Waals surface area contributed by atoms with E-state index in [0.29, 0.717) is 9.35 Å². The molecule has 1 N–H and O–H groups in total. The van der Waals surface area contributed by atoms with Gasteiger partial charge in [0.1, 0.15) is 10.9 Å². The summed E-state index contributed by atoms with van der Waals surface area (Å²) in [7, 11) is 0. The first kappa shape index (κ1) is 14.2. The average Bonchev–Trinajstić information content (AvgIpc) is 2.84. The summed E-state index contributed by atoms with van der Waals surface area (Å²) in [5.74, 6) is -0.907. The smallest absolute Gasteiger partial charge is 0.263 e. The summed E-state index contributed by atoms with van der Waals surface area (Å²) >= 11 is 4.55. The molecule has 0 spiro atoms. The van der Waals surface area contributed by atoms with E-state index in [0.717, 1.165) is 0 Å². The van der Waals surface area contributed by atoms with Crippen molar-refractivity contribution in [3.63, 3.8) is 0 Å². The third-order valence-corrected chi connectivity index (χ3v) is 4.66. The molecule has 0 bridgehead atoms. The number of likely N-dealkylation sites (tertiary alicyclic amines) is 1. The molecule has 0 saturated carbocycles. The van der Waals surface area contributed by atoms with Crippen molar-refractivity contribution in [2.75, 3.05) is 0 Å². The summed E-state index contributed by atoms with van der Waals surface area (Å²) in [6.07, 6.45) is 0.0335. The minimum Gasteiger partial charge on any atom is -0.339 e. The molecule has 0 unspecified atom stereocenters. The van der Waals surface area contributed by atoms with E-state index in [1.54, 1.807) is 25.3 Å². The van der Waals surface area contributed by atoms with Crippen LogP contribution in [0.25, 0.3) is 0 Å². The van der Waals surface area contributed by atoms with Gasteiger partial charge in [0, 0.05) is 10.5 Å². The van der Waals surface area contributed by atoms with Crippen molar-refractivity contribution in [2.24, 2.45) is 0 Å². The topological polar surface area (TPSA) is 66.5 Å². The molecule has 1 aliphatic rings. The van der Waals surface area contributed by atoms with Gasteiger partial charge in [-0.15, -0.1) is 11.3 Å². The summed E-state index contributed by atoms with van der Waals surface area (Å²) in [5.41, 5.74) is 0. The predicted molar refractivity (Wildman–Crippen MR) is 74.9 cm³/mol. The molecule has 1 aliphatic heterocycles. The van der Waals surface area contributed by atoms with E-state index < -0.39 is 6.04 Å². The molecule has 2 rings (SSSR count). The molecule has 3 amide bonds. The highest BCUT2D eigenvalue weighted by Crippen LogP contribution is 2.23. The lowest BCUT2D eigenvalue weighted by Crippen LogP contribution is -2.43. The van der Waals surface area contributed by atoms with E-state index in [4.69, 9.17) is 0 Å². The molecule has 0 aliphatic carbocycles. The van der Waals surface area contributed by atoms with Crippen LogP contribution in [0.5, 0.6) is 0 Å². The van der Waals surface area contributed by atoms with E-state index in [1.807, 2.05) is 0 Å². The highest BCUT2D eigenvalue weighted by Gasteiger charge is 2.40. The number of carbonyl (C=O) groups is 3. The number of halogens is 1. The number of nitrogens with zero attached hydrogens (tertiary/aromatic N) is 1. The Labute approximate surface area is 123 Å². The monoisotopic (exact) mass is 344 g/mol. The van der Waals surface area contributed by atoms with Gasteiger partial charge in [0.2, 0.25) is 5.91 Å². The lowest BCUT2D eigenvalue weighted by Gasteiger charge is -2.19. The number of amides is 3. The Morgan fingerprint density at radius 1 is 1.53 bits per heavy atom. The molecular formula is C12H13BrN2O3S. The SMILES string of the molecule is CC(C)N1C(=O)C[C@@H](NC(=O)c2sccc2Br)C1=O. The van der Waals surface area contributed by atoms with Crippen molar-refractivity contribution in [1.29, 1.82) is 0 Å². The predicted octanol–water partition coefficient (Wildman–Crippen LogP) is 1.78. The van der Waals surface area contributed by atoms with Crippen LogP contribution in [0.1, 0.15) is 29.9 Å². The van der Waals surface area contributed by atoms with Crippen LogP contribution < -0.4 is 5.32 Å². The Hall–Kier alpha value is -1.21. The molecule has 0 aromatic carbocycles. The van der Waals surface area contributed by atoms with Gasteiger partial charge in [-0.05, 0) is 41.2 Å². The van der Waals surface area contributed by atoms with Crippen molar-refractivity contribution in [3.8, 4) is 0 Å². The minimum absolute atomic E-state index is 0.0335. The number of rotatable bonds is 3. The summed E-state index contributed by atoms with van der Waals surface area (Å²) in [6.45, 7) is 3.55. The number of carbonyl (C=O) groups excluding carboxylic acids is 3. The van der Waals surface area contributed by atoms with E-state index in [2.05, 4.69) is 21.2 Å².